The lowest BCUT2D eigenvalue weighted by Gasteiger charge is -2.26. The van der Waals surface area contributed by atoms with E-state index in [1.807, 2.05) is 0 Å². The van der Waals surface area contributed by atoms with Gasteiger partial charge in [-0.1, -0.05) is 0 Å². The molecule has 78 valence electrons. The number of aliphatic hydroxyl groups is 1. The molecular weight excluding hydrogens is 186 g/mol. The first-order chi connectivity index (χ1) is 5.84. The summed E-state index contributed by atoms with van der Waals surface area (Å²) in [5.74, 6) is 0.983. The van der Waals surface area contributed by atoms with Gasteiger partial charge in [0.15, 0.2) is 0 Å². The quantitative estimate of drug-likeness (QED) is 0.736. The fourth-order valence-corrected chi connectivity index (χ4v) is 1.94. The van der Waals surface area contributed by atoms with Crippen molar-refractivity contribution in [3.8, 4) is 0 Å². The molecule has 2 saturated carbocycles. The Morgan fingerprint density at radius 1 is 1.00 bits per heavy atom. The first kappa shape index (κ1) is 11.3. The predicted octanol–water partition coefficient (Wildman–Crippen LogP) is 1.71. The number of hydrogen-bond donors (Lipinski definition) is 2. The molecule has 2 rings (SSSR count). The number of nitrogens with one attached hydrogen (secondary N) is 1. The number of hydrogen-bond acceptors (Lipinski definition) is 2. The van der Waals surface area contributed by atoms with E-state index in [-0.39, 0.29) is 18.5 Å². The standard InChI is InChI=1S/C10H19NO.ClH/c12-10-5-3-9(4-6-10)11-7-8-1-2-8;/h8-12H,1-7H2;1H/t9-,10-;. The number of aliphatic hydroxyl groups excluding tert-OH is 1. The molecule has 0 aromatic rings. The van der Waals surface area contributed by atoms with Gasteiger partial charge in [-0.3, -0.25) is 0 Å². The van der Waals surface area contributed by atoms with Gasteiger partial charge in [0.25, 0.3) is 0 Å². The van der Waals surface area contributed by atoms with Gasteiger partial charge in [0, 0.05) is 6.04 Å². The third kappa shape index (κ3) is 3.84. The van der Waals surface area contributed by atoms with Crippen molar-refractivity contribution in [3.63, 3.8) is 0 Å². The van der Waals surface area contributed by atoms with Crippen LogP contribution in [0.1, 0.15) is 38.5 Å². The van der Waals surface area contributed by atoms with Gasteiger partial charge in [0.1, 0.15) is 0 Å². The molecule has 2 nitrogen and oxygen atoms in total. The van der Waals surface area contributed by atoms with E-state index in [1.165, 1.54) is 32.2 Å². The summed E-state index contributed by atoms with van der Waals surface area (Å²) < 4.78 is 0. The van der Waals surface area contributed by atoms with Crippen LogP contribution in [0.2, 0.25) is 0 Å². The van der Waals surface area contributed by atoms with E-state index in [0.29, 0.717) is 6.04 Å². The molecular formula is C10H20ClNO. The summed E-state index contributed by atoms with van der Waals surface area (Å²) in [4.78, 5) is 0. The Morgan fingerprint density at radius 2 is 1.62 bits per heavy atom. The maximum Gasteiger partial charge on any atom is 0.0541 e. The zero-order chi connectivity index (χ0) is 8.39. The van der Waals surface area contributed by atoms with Gasteiger partial charge in [-0.2, -0.15) is 0 Å². The van der Waals surface area contributed by atoms with Crippen molar-refractivity contribution in [2.24, 2.45) is 5.92 Å². The van der Waals surface area contributed by atoms with Crippen molar-refractivity contribution in [2.45, 2.75) is 50.7 Å². The smallest absolute Gasteiger partial charge is 0.0541 e. The minimum Gasteiger partial charge on any atom is -0.393 e. The Labute approximate surface area is 86.5 Å². The monoisotopic (exact) mass is 205 g/mol. The Kier molecular flexibility index (Phi) is 4.50. The Balaban J connectivity index is 0.000000845. The van der Waals surface area contributed by atoms with Crippen LogP contribution in [0.4, 0.5) is 0 Å². The second-order valence-electron chi connectivity index (χ2n) is 4.36. The van der Waals surface area contributed by atoms with Gasteiger partial charge < -0.3 is 10.4 Å². The lowest BCUT2D eigenvalue weighted by molar-refractivity contribution is 0.116. The molecule has 0 aliphatic heterocycles. The largest absolute Gasteiger partial charge is 0.393 e. The van der Waals surface area contributed by atoms with E-state index < -0.39 is 0 Å². The van der Waals surface area contributed by atoms with Gasteiger partial charge in [-0.05, 0) is 51.0 Å². The molecule has 2 N–H and O–H groups in total. The van der Waals surface area contributed by atoms with Crippen molar-refractivity contribution in [3.05, 3.63) is 0 Å². The van der Waals surface area contributed by atoms with E-state index >= 15 is 0 Å². The van der Waals surface area contributed by atoms with Gasteiger partial charge >= 0.3 is 0 Å². The first-order valence-corrected chi connectivity index (χ1v) is 5.26. The maximum absolute atomic E-state index is 9.29. The van der Waals surface area contributed by atoms with Crippen LogP contribution in [0.25, 0.3) is 0 Å². The third-order valence-electron chi connectivity index (χ3n) is 3.09. The Bertz CT molecular complexity index is 142. The molecule has 2 aliphatic rings. The topological polar surface area (TPSA) is 32.3 Å². The van der Waals surface area contributed by atoms with E-state index in [2.05, 4.69) is 5.32 Å². The highest BCUT2D eigenvalue weighted by atomic mass is 35.5. The van der Waals surface area contributed by atoms with Crippen molar-refractivity contribution >= 4 is 12.4 Å². The molecule has 0 radical (unpaired) electrons. The normalized spacial score (nSPS) is 33.9. The summed E-state index contributed by atoms with van der Waals surface area (Å²) in [6.45, 7) is 1.22. The zero-order valence-electron chi connectivity index (χ0n) is 8.04. The molecule has 0 heterocycles. The highest BCUT2D eigenvalue weighted by molar-refractivity contribution is 5.85. The molecule has 0 aromatic heterocycles. The van der Waals surface area contributed by atoms with E-state index in [4.69, 9.17) is 0 Å². The summed E-state index contributed by atoms with van der Waals surface area (Å²) in [6.07, 6.45) is 7.21. The molecule has 2 fully saturated rings. The summed E-state index contributed by atoms with van der Waals surface area (Å²) in [7, 11) is 0. The molecule has 13 heavy (non-hydrogen) atoms. The van der Waals surface area contributed by atoms with Gasteiger partial charge in [0.2, 0.25) is 0 Å². The lowest BCUT2D eigenvalue weighted by Crippen LogP contribution is -2.35. The molecule has 3 heteroatoms. The molecule has 2 aliphatic carbocycles. The van der Waals surface area contributed by atoms with Crippen molar-refractivity contribution in [1.82, 2.24) is 5.32 Å². The average molecular weight is 206 g/mol. The number of rotatable bonds is 3. The van der Waals surface area contributed by atoms with Crippen LogP contribution >= 0.6 is 12.4 Å². The van der Waals surface area contributed by atoms with Crippen LogP contribution in [-0.2, 0) is 0 Å². The second kappa shape index (κ2) is 5.18. The highest BCUT2D eigenvalue weighted by Gasteiger charge is 2.24. The minimum absolute atomic E-state index is 0. The van der Waals surface area contributed by atoms with Crippen LogP contribution in [0.15, 0.2) is 0 Å². The number of halogens is 1. The molecule has 0 atom stereocenters. The van der Waals surface area contributed by atoms with E-state index in [1.54, 1.807) is 0 Å². The first-order valence-electron chi connectivity index (χ1n) is 5.26. The van der Waals surface area contributed by atoms with Crippen LogP contribution in [-0.4, -0.2) is 23.8 Å². The molecule has 0 bridgehead atoms. The van der Waals surface area contributed by atoms with Crippen molar-refractivity contribution in [2.75, 3.05) is 6.54 Å². The predicted molar refractivity (Wildman–Crippen MR) is 56.2 cm³/mol. The third-order valence-corrected chi connectivity index (χ3v) is 3.09. The maximum atomic E-state index is 9.29. The molecule has 0 amide bonds. The molecule has 0 spiro atoms. The van der Waals surface area contributed by atoms with Gasteiger partial charge in [0.05, 0.1) is 6.10 Å². The summed E-state index contributed by atoms with van der Waals surface area (Å²) in [6, 6.07) is 0.703. The van der Waals surface area contributed by atoms with Gasteiger partial charge in [-0.25, -0.2) is 0 Å². The molecule has 0 aromatic carbocycles. The Morgan fingerprint density at radius 3 is 2.15 bits per heavy atom. The molecule has 0 unspecified atom stereocenters. The fourth-order valence-electron chi connectivity index (χ4n) is 1.94. The fraction of sp³-hybridized carbons (Fsp3) is 1.00. The van der Waals surface area contributed by atoms with E-state index in [9.17, 15) is 5.11 Å². The summed E-state index contributed by atoms with van der Waals surface area (Å²) in [5, 5.41) is 12.9. The van der Waals surface area contributed by atoms with Crippen LogP contribution in [0, 0.1) is 5.92 Å². The SMILES string of the molecule is Cl.O[C@H]1CC[C@H](NCC2CC2)CC1. The Hall–Kier alpha value is 0.210. The van der Waals surface area contributed by atoms with E-state index in [0.717, 1.165) is 18.8 Å². The summed E-state index contributed by atoms with van der Waals surface area (Å²) in [5.41, 5.74) is 0. The minimum atomic E-state index is -0.0102. The van der Waals surface area contributed by atoms with Crippen LogP contribution < -0.4 is 5.32 Å². The molecule has 0 saturated heterocycles. The lowest BCUT2D eigenvalue weighted by atomic mass is 9.93. The van der Waals surface area contributed by atoms with Crippen molar-refractivity contribution in [1.29, 1.82) is 0 Å². The zero-order valence-corrected chi connectivity index (χ0v) is 8.85. The summed E-state index contributed by atoms with van der Waals surface area (Å²) >= 11 is 0. The second-order valence-corrected chi connectivity index (χ2v) is 4.36. The van der Waals surface area contributed by atoms with Crippen molar-refractivity contribution < 1.29 is 5.11 Å². The van der Waals surface area contributed by atoms with Crippen LogP contribution in [0.3, 0.4) is 0 Å². The van der Waals surface area contributed by atoms with Gasteiger partial charge in [-0.15, -0.1) is 12.4 Å². The average Bonchev–Trinajstić information content (AvgIpc) is 2.87. The van der Waals surface area contributed by atoms with Crippen LogP contribution in [0.5, 0.6) is 0 Å². The highest BCUT2D eigenvalue weighted by Crippen LogP contribution is 2.28.